The number of carbonyl (C=O) groups is 1. The van der Waals surface area contributed by atoms with Crippen molar-refractivity contribution in [2.45, 2.75) is 32.0 Å². The molecule has 1 amide bonds. The highest BCUT2D eigenvalue weighted by Crippen LogP contribution is 2.44. The van der Waals surface area contributed by atoms with Crippen LogP contribution in [0.3, 0.4) is 0 Å². The molecular formula is C19H23NO2. The van der Waals surface area contributed by atoms with Gasteiger partial charge < -0.3 is 9.64 Å². The predicted molar refractivity (Wildman–Crippen MR) is 85.2 cm³/mol. The van der Waals surface area contributed by atoms with E-state index in [1.165, 1.54) is 17.5 Å². The number of rotatable bonds is 3. The normalized spacial score (nSPS) is 32.0. The monoisotopic (exact) mass is 297 g/mol. The number of amides is 1. The summed E-state index contributed by atoms with van der Waals surface area (Å²) in [7, 11) is 1.93. The van der Waals surface area contributed by atoms with Crippen LogP contribution in [0.25, 0.3) is 0 Å². The first-order valence-electron chi connectivity index (χ1n) is 8.32. The van der Waals surface area contributed by atoms with Crippen molar-refractivity contribution in [3.63, 3.8) is 0 Å². The maximum Gasteiger partial charge on any atom is 0.226 e. The topological polar surface area (TPSA) is 29.5 Å². The van der Waals surface area contributed by atoms with E-state index in [0.717, 1.165) is 12.8 Å². The van der Waals surface area contributed by atoms with Crippen molar-refractivity contribution in [3.8, 4) is 0 Å². The molecule has 0 N–H and O–H groups in total. The van der Waals surface area contributed by atoms with Gasteiger partial charge in [0.25, 0.3) is 0 Å². The molecule has 2 bridgehead atoms. The van der Waals surface area contributed by atoms with E-state index in [9.17, 15) is 4.79 Å². The lowest BCUT2D eigenvalue weighted by Crippen LogP contribution is -2.41. The number of hydrogen-bond acceptors (Lipinski definition) is 2. The van der Waals surface area contributed by atoms with Gasteiger partial charge in [-0.2, -0.15) is 0 Å². The molecule has 22 heavy (non-hydrogen) atoms. The maximum absolute atomic E-state index is 12.7. The largest absolute Gasteiger partial charge is 0.371 e. The molecule has 2 aliphatic carbocycles. The summed E-state index contributed by atoms with van der Waals surface area (Å²) in [6.07, 6.45) is 7.78. The van der Waals surface area contributed by atoms with Gasteiger partial charge in [-0.3, -0.25) is 4.79 Å². The highest BCUT2D eigenvalue weighted by molar-refractivity contribution is 5.80. The van der Waals surface area contributed by atoms with Gasteiger partial charge in [-0.25, -0.2) is 0 Å². The second-order valence-corrected chi connectivity index (χ2v) is 7.01. The van der Waals surface area contributed by atoms with E-state index in [1.54, 1.807) is 0 Å². The number of allylic oxidation sites excluding steroid dienone is 2. The Morgan fingerprint density at radius 1 is 1.23 bits per heavy atom. The Kier molecular flexibility index (Phi) is 3.53. The number of likely N-dealkylation sites (N-methyl/N-ethyl adjacent to an activating group) is 1. The molecule has 1 aromatic carbocycles. The van der Waals surface area contributed by atoms with Gasteiger partial charge in [-0.05, 0) is 35.8 Å². The van der Waals surface area contributed by atoms with Gasteiger partial charge in [0.05, 0.1) is 12.7 Å². The molecule has 1 heterocycles. The number of hydrogen-bond donors (Lipinski definition) is 0. The lowest BCUT2D eigenvalue weighted by Gasteiger charge is -2.31. The third-order valence-electron chi connectivity index (χ3n) is 5.49. The Hall–Kier alpha value is -1.61. The highest BCUT2D eigenvalue weighted by atomic mass is 16.5. The average Bonchev–Trinajstić information content (AvgIpc) is 3.17. The molecule has 4 rings (SSSR count). The van der Waals surface area contributed by atoms with Crippen LogP contribution in [0.5, 0.6) is 0 Å². The van der Waals surface area contributed by atoms with Crippen LogP contribution in [-0.4, -0.2) is 30.5 Å². The van der Waals surface area contributed by atoms with E-state index in [4.69, 9.17) is 4.74 Å². The van der Waals surface area contributed by atoms with Crippen molar-refractivity contribution in [2.75, 3.05) is 13.6 Å². The third-order valence-corrected chi connectivity index (χ3v) is 5.49. The van der Waals surface area contributed by atoms with Gasteiger partial charge in [-0.15, -0.1) is 0 Å². The first kappa shape index (κ1) is 14.0. The molecular weight excluding hydrogens is 274 g/mol. The molecule has 3 nitrogen and oxygen atoms in total. The van der Waals surface area contributed by atoms with Crippen molar-refractivity contribution in [1.82, 2.24) is 4.90 Å². The van der Waals surface area contributed by atoms with Crippen LogP contribution in [0, 0.1) is 17.8 Å². The molecule has 0 saturated heterocycles. The minimum atomic E-state index is 0.123. The van der Waals surface area contributed by atoms with E-state index in [-0.39, 0.29) is 12.0 Å². The van der Waals surface area contributed by atoms with E-state index in [1.807, 2.05) is 11.9 Å². The van der Waals surface area contributed by atoms with Crippen LogP contribution < -0.4 is 0 Å². The molecule has 1 fully saturated rings. The molecule has 3 aliphatic rings. The number of carbonyl (C=O) groups excluding carboxylic acids is 1. The van der Waals surface area contributed by atoms with Crippen molar-refractivity contribution >= 4 is 5.91 Å². The summed E-state index contributed by atoms with van der Waals surface area (Å²) in [6.45, 7) is 1.37. The summed E-state index contributed by atoms with van der Waals surface area (Å²) < 4.78 is 5.94. The first-order valence-corrected chi connectivity index (χ1v) is 8.32. The van der Waals surface area contributed by atoms with E-state index in [2.05, 4.69) is 36.4 Å². The first-order chi connectivity index (χ1) is 10.7. The van der Waals surface area contributed by atoms with Crippen molar-refractivity contribution in [2.24, 2.45) is 17.8 Å². The van der Waals surface area contributed by atoms with Crippen LogP contribution in [0.15, 0.2) is 36.4 Å². The summed E-state index contributed by atoms with van der Waals surface area (Å²) in [5.41, 5.74) is 2.65. The fraction of sp³-hybridized carbons (Fsp3) is 0.526. The third kappa shape index (κ3) is 2.48. The Morgan fingerprint density at radius 2 is 2.05 bits per heavy atom. The minimum absolute atomic E-state index is 0.123. The number of fused-ring (bicyclic) bond motifs is 3. The Labute approximate surface area is 132 Å². The fourth-order valence-electron chi connectivity index (χ4n) is 4.27. The quantitative estimate of drug-likeness (QED) is 0.803. The molecule has 3 heteroatoms. The SMILES string of the molecule is CN(CC1Cc2ccccc2CO1)C(=O)C1CC2C=CC1C2. The van der Waals surface area contributed by atoms with Crippen LogP contribution in [0.4, 0.5) is 0 Å². The summed E-state index contributed by atoms with van der Waals surface area (Å²) in [5, 5.41) is 0. The lowest BCUT2D eigenvalue weighted by atomic mass is 9.92. The van der Waals surface area contributed by atoms with Crippen molar-refractivity contribution in [1.29, 1.82) is 0 Å². The molecule has 4 atom stereocenters. The zero-order valence-electron chi connectivity index (χ0n) is 13.1. The highest BCUT2D eigenvalue weighted by Gasteiger charge is 2.41. The zero-order chi connectivity index (χ0) is 15.1. The molecule has 1 saturated carbocycles. The van der Waals surface area contributed by atoms with E-state index < -0.39 is 0 Å². The van der Waals surface area contributed by atoms with Gasteiger partial charge in [0.15, 0.2) is 0 Å². The minimum Gasteiger partial charge on any atom is -0.371 e. The van der Waals surface area contributed by atoms with Crippen LogP contribution in [0.2, 0.25) is 0 Å². The second-order valence-electron chi connectivity index (χ2n) is 7.01. The van der Waals surface area contributed by atoms with Gasteiger partial charge >= 0.3 is 0 Å². The average molecular weight is 297 g/mol. The second kappa shape index (κ2) is 5.54. The van der Waals surface area contributed by atoms with Gasteiger partial charge in [-0.1, -0.05) is 36.4 Å². The molecule has 0 aromatic heterocycles. The van der Waals surface area contributed by atoms with Gasteiger partial charge in [0.1, 0.15) is 0 Å². The van der Waals surface area contributed by atoms with Crippen molar-refractivity contribution < 1.29 is 9.53 Å². The van der Waals surface area contributed by atoms with Crippen LogP contribution >= 0.6 is 0 Å². The zero-order valence-corrected chi connectivity index (χ0v) is 13.1. The Morgan fingerprint density at radius 3 is 2.77 bits per heavy atom. The fourth-order valence-corrected chi connectivity index (χ4v) is 4.27. The molecule has 0 spiro atoms. The Balaban J connectivity index is 1.37. The van der Waals surface area contributed by atoms with Crippen LogP contribution in [0.1, 0.15) is 24.0 Å². The predicted octanol–water partition coefficient (Wildman–Crippen LogP) is 2.80. The smallest absolute Gasteiger partial charge is 0.226 e. The lowest BCUT2D eigenvalue weighted by molar-refractivity contribution is -0.137. The molecule has 1 aromatic rings. The number of ether oxygens (including phenoxy) is 1. The molecule has 0 radical (unpaired) electrons. The van der Waals surface area contributed by atoms with Crippen LogP contribution in [-0.2, 0) is 22.6 Å². The van der Waals surface area contributed by atoms with Gasteiger partial charge in [0, 0.05) is 25.9 Å². The molecule has 116 valence electrons. The van der Waals surface area contributed by atoms with Crippen molar-refractivity contribution in [3.05, 3.63) is 47.5 Å². The van der Waals surface area contributed by atoms with E-state index in [0.29, 0.717) is 30.9 Å². The molecule has 4 unspecified atom stereocenters. The summed E-state index contributed by atoms with van der Waals surface area (Å²) >= 11 is 0. The van der Waals surface area contributed by atoms with E-state index >= 15 is 0 Å². The standard InChI is InChI=1S/C19H23NO2/c1-20(19(21)18-9-13-6-7-15(18)8-13)11-17-10-14-4-2-3-5-16(14)12-22-17/h2-7,13,15,17-18H,8-12H2,1H3. The number of benzene rings is 1. The Bertz CT molecular complexity index is 609. The summed E-state index contributed by atoms with van der Waals surface area (Å²) in [4.78, 5) is 14.6. The molecule has 1 aliphatic heterocycles. The number of nitrogens with zero attached hydrogens (tertiary/aromatic N) is 1. The maximum atomic E-state index is 12.7. The van der Waals surface area contributed by atoms with Gasteiger partial charge in [0.2, 0.25) is 5.91 Å². The summed E-state index contributed by atoms with van der Waals surface area (Å²) in [5.74, 6) is 1.63. The summed E-state index contributed by atoms with van der Waals surface area (Å²) in [6, 6.07) is 8.44.